The van der Waals surface area contributed by atoms with Gasteiger partial charge in [-0.05, 0) is 55.0 Å². The SMILES string of the molecule is COCCN1C(=O)N[C@@](Cc2cccc(OC)c2)(C2CCN(CC(C)(C)C)CC2)C1=O. The lowest BCUT2D eigenvalue weighted by molar-refractivity contribution is -0.134. The number of nitrogens with zero attached hydrogens (tertiary/aromatic N) is 2. The van der Waals surface area contributed by atoms with E-state index in [-0.39, 0.29) is 29.8 Å². The molecule has 1 aromatic carbocycles. The molecule has 3 amide bonds. The van der Waals surface area contributed by atoms with Crippen molar-refractivity contribution in [3.05, 3.63) is 29.8 Å². The molecule has 2 aliphatic heterocycles. The van der Waals surface area contributed by atoms with E-state index in [1.165, 1.54) is 4.90 Å². The normalized spacial score (nSPS) is 23.3. The Kier molecular flexibility index (Phi) is 7.27. The van der Waals surface area contributed by atoms with Crippen molar-refractivity contribution < 1.29 is 19.1 Å². The summed E-state index contributed by atoms with van der Waals surface area (Å²) in [6, 6.07) is 7.45. The van der Waals surface area contributed by atoms with Gasteiger partial charge >= 0.3 is 6.03 Å². The number of rotatable bonds is 8. The smallest absolute Gasteiger partial charge is 0.325 e. The van der Waals surface area contributed by atoms with Gasteiger partial charge in [0.05, 0.1) is 20.3 Å². The van der Waals surface area contributed by atoms with Crippen LogP contribution in [-0.4, -0.2) is 74.3 Å². The molecular weight excluding hydrogens is 394 g/mol. The van der Waals surface area contributed by atoms with Gasteiger partial charge in [-0.3, -0.25) is 9.69 Å². The molecule has 1 aromatic rings. The Morgan fingerprint density at radius 3 is 2.48 bits per heavy atom. The minimum Gasteiger partial charge on any atom is -0.497 e. The lowest BCUT2D eigenvalue weighted by Crippen LogP contribution is -2.58. The molecule has 0 radical (unpaired) electrons. The summed E-state index contributed by atoms with van der Waals surface area (Å²) in [6.07, 6.45) is 2.22. The van der Waals surface area contributed by atoms with Crippen molar-refractivity contribution in [2.45, 2.75) is 45.6 Å². The van der Waals surface area contributed by atoms with E-state index in [1.807, 2.05) is 24.3 Å². The zero-order valence-electron chi connectivity index (χ0n) is 19.6. The first-order valence-electron chi connectivity index (χ1n) is 11.2. The maximum atomic E-state index is 13.7. The van der Waals surface area contributed by atoms with Gasteiger partial charge in [-0.25, -0.2) is 4.79 Å². The average molecular weight is 432 g/mol. The highest BCUT2D eigenvalue weighted by molar-refractivity contribution is 6.07. The predicted octanol–water partition coefficient (Wildman–Crippen LogP) is 2.93. The minimum absolute atomic E-state index is 0.0823. The third-order valence-electron chi connectivity index (χ3n) is 6.32. The highest BCUT2D eigenvalue weighted by Crippen LogP contribution is 2.37. The molecule has 2 fully saturated rings. The monoisotopic (exact) mass is 431 g/mol. The molecule has 0 bridgehead atoms. The Balaban J connectivity index is 1.85. The number of nitrogens with one attached hydrogen (secondary N) is 1. The van der Waals surface area contributed by atoms with Crippen molar-refractivity contribution in [3.8, 4) is 5.75 Å². The number of carbonyl (C=O) groups is 2. The van der Waals surface area contributed by atoms with E-state index in [0.29, 0.717) is 13.0 Å². The van der Waals surface area contributed by atoms with Gasteiger partial charge in [0.2, 0.25) is 0 Å². The highest BCUT2D eigenvalue weighted by atomic mass is 16.5. The minimum atomic E-state index is -0.926. The van der Waals surface area contributed by atoms with E-state index in [2.05, 4.69) is 31.0 Å². The molecule has 0 aromatic heterocycles. The molecule has 2 heterocycles. The fraction of sp³-hybridized carbons (Fsp3) is 0.667. The zero-order valence-corrected chi connectivity index (χ0v) is 19.6. The lowest BCUT2D eigenvalue weighted by Gasteiger charge is -2.42. The number of imide groups is 1. The topological polar surface area (TPSA) is 71.1 Å². The fourth-order valence-electron chi connectivity index (χ4n) is 4.93. The van der Waals surface area contributed by atoms with Crippen molar-refractivity contribution in [2.24, 2.45) is 11.3 Å². The summed E-state index contributed by atoms with van der Waals surface area (Å²) >= 11 is 0. The van der Waals surface area contributed by atoms with Crippen LogP contribution in [0.3, 0.4) is 0 Å². The van der Waals surface area contributed by atoms with Gasteiger partial charge in [-0.15, -0.1) is 0 Å². The van der Waals surface area contributed by atoms with Crippen LogP contribution in [0.25, 0.3) is 0 Å². The van der Waals surface area contributed by atoms with Crippen molar-refractivity contribution in [1.82, 2.24) is 15.1 Å². The molecule has 2 saturated heterocycles. The maximum absolute atomic E-state index is 13.7. The van der Waals surface area contributed by atoms with Crippen LogP contribution in [0, 0.1) is 11.3 Å². The summed E-state index contributed by atoms with van der Waals surface area (Å²) in [5.74, 6) is 0.700. The first kappa shape index (κ1) is 23.5. The van der Waals surface area contributed by atoms with E-state index in [1.54, 1.807) is 14.2 Å². The Bertz CT molecular complexity index is 783. The zero-order chi connectivity index (χ0) is 22.6. The third-order valence-corrected chi connectivity index (χ3v) is 6.32. The summed E-state index contributed by atoms with van der Waals surface area (Å²) in [4.78, 5) is 30.3. The molecule has 0 unspecified atom stereocenters. The summed E-state index contributed by atoms with van der Waals surface area (Å²) in [7, 11) is 3.21. The van der Waals surface area contributed by atoms with Crippen molar-refractivity contribution in [3.63, 3.8) is 0 Å². The van der Waals surface area contributed by atoms with Crippen LogP contribution >= 0.6 is 0 Å². The lowest BCUT2D eigenvalue weighted by atomic mass is 9.73. The average Bonchev–Trinajstić information content (AvgIpc) is 2.96. The van der Waals surface area contributed by atoms with E-state index in [9.17, 15) is 9.59 Å². The van der Waals surface area contributed by atoms with Gasteiger partial charge in [0.1, 0.15) is 11.3 Å². The van der Waals surface area contributed by atoms with Crippen LogP contribution in [0.2, 0.25) is 0 Å². The number of ether oxygens (including phenoxy) is 2. The van der Waals surface area contributed by atoms with Crippen molar-refractivity contribution in [2.75, 3.05) is 47.0 Å². The third kappa shape index (κ3) is 5.39. The van der Waals surface area contributed by atoms with Gasteiger partial charge in [0, 0.05) is 20.1 Å². The number of methoxy groups -OCH3 is 2. The van der Waals surface area contributed by atoms with Gasteiger partial charge < -0.3 is 19.7 Å². The number of likely N-dealkylation sites (tertiary alicyclic amines) is 1. The van der Waals surface area contributed by atoms with E-state index in [4.69, 9.17) is 9.47 Å². The number of hydrogen-bond donors (Lipinski definition) is 1. The van der Waals surface area contributed by atoms with Gasteiger partial charge in [0.25, 0.3) is 5.91 Å². The molecule has 7 heteroatoms. The Hall–Kier alpha value is -2.12. The standard InChI is InChI=1S/C24H37N3O4/c1-23(2,3)17-26-11-9-19(10-12-26)24(16-18-7-6-8-20(15-18)31-5)21(28)27(13-14-30-4)22(29)25-24/h6-8,15,19H,9-14,16-17H2,1-5H3,(H,25,29)/t24-/m0/s1. The van der Waals surface area contributed by atoms with Crippen LogP contribution in [0.5, 0.6) is 5.75 Å². The van der Waals surface area contributed by atoms with Crippen LogP contribution in [0.4, 0.5) is 4.79 Å². The van der Waals surface area contributed by atoms with E-state index in [0.717, 1.165) is 43.8 Å². The molecule has 7 nitrogen and oxygen atoms in total. The number of hydrogen-bond acceptors (Lipinski definition) is 5. The molecule has 3 rings (SSSR count). The summed E-state index contributed by atoms with van der Waals surface area (Å²) in [5.41, 5.74) is 0.295. The van der Waals surface area contributed by atoms with E-state index >= 15 is 0 Å². The van der Waals surface area contributed by atoms with Crippen molar-refractivity contribution in [1.29, 1.82) is 0 Å². The molecule has 1 atom stereocenters. The Morgan fingerprint density at radius 2 is 1.87 bits per heavy atom. The highest BCUT2D eigenvalue weighted by Gasteiger charge is 2.55. The Labute approximate surface area is 186 Å². The first-order chi connectivity index (χ1) is 14.7. The van der Waals surface area contributed by atoms with E-state index < -0.39 is 5.54 Å². The summed E-state index contributed by atoms with van der Waals surface area (Å²) < 4.78 is 10.5. The molecule has 0 saturated carbocycles. The second-order valence-electron chi connectivity index (χ2n) is 9.99. The van der Waals surface area contributed by atoms with Crippen LogP contribution in [-0.2, 0) is 16.0 Å². The number of amides is 3. The van der Waals surface area contributed by atoms with Gasteiger partial charge in [-0.2, -0.15) is 0 Å². The second kappa shape index (κ2) is 9.57. The molecule has 31 heavy (non-hydrogen) atoms. The molecule has 172 valence electrons. The molecule has 1 N–H and O–H groups in total. The van der Waals surface area contributed by atoms with Crippen molar-refractivity contribution >= 4 is 11.9 Å². The maximum Gasteiger partial charge on any atom is 0.325 e. The molecule has 2 aliphatic rings. The number of urea groups is 1. The van der Waals surface area contributed by atoms with Crippen LogP contribution < -0.4 is 10.1 Å². The fourth-order valence-corrected chi connectivity index (χ4v) is 4.93. The van der Waals surface area contributed by atoms with Crippen LogP contribution in [0.15, 0.2) is 24.3 Å². The molecule has 0 spiro atoms. The predicted molar refractivity (Wildman–Crippen MR) is 120 cm³/mol. The van der Waals surface area contributed by atoms with Gasteiger partial charge in [-0.1, -0.05) is 32.9 Å². The second-order valence-corrected chi connectivity index (χ2v) is 9.99. The summed E-state index contributed by atoms with van der Waals surface area (Å²) in [6.45, 7) is 10.2. The number of piperidine rings is 1. The first-order valence-corrected chi connectivity index (χ1v) is 11.2. The quantitative estimate of drug-likeness (QED) is 0.641. The number of carbonyl (C=O) groups excluding carboxylic acids is 2. The van der Waals surface area contributed by atoms with Gasteiger partial charge in [0.15, 0.2) is 0 Å². The largest absolute Gasteiger partial charge is 0.497 e. The number of benzene rings is 1. The molecular formula is C24H37N3O4. The van der Waals surface area contributed by atoms with Crippen LogP contribution in [0.1, 0.15) is 39.2 Å². The molecule has 0 aliphatic carbocycles. The Morgan fingerprint density at radius 1 is 1.16 bits per heavy atom. The summed E-state index contributed by atoms with van der Waals surface area (Å²) in [5, 5.41) is 3.12.